The predicted octanol–water partition coefficient (Wildman–Crippen LogP) is 10.5. The molecule has 0 aliphatic rings. The molecule has 0 aliphatic heterocycles. The SMILES string of the molecule is CC/C=C\C/C=C\C/C=C\CCCCCC(=O)OC(COCCC(C(=O)[O-])[N+](C)(C)C)COC(=O)CCCCCCCCC/C=C\C/C=C\CCCCCC. The zero-order valence-electron chi connectivity index (χ0n) is 35.8. The van der Waals surface area contributed by atoms with Crippen LogP contribution in [-0.4, -0.2) is 75.5 Å². The standard InChI is InChI=1S/C47H81NO7/c1-6-8-10-12-14-16-18-20-21-22-23-24-26-27-29-31-33-35-37-45(49)54-42-43(41-53-40-39-44(47(51)52)48(3,4)5)55-46(50)38-36-34-32-30-28-25-19-17-15-13-11-9-7-2/h9,11,15-18,21-22,25,28,43-44H,6-8,10,12-14,19-20,23-24,26-27,29-42H2,1-5H3/b11-9-,17-15-,18-16-,22-21-,28-25-. The second kappa shape index (κ2) is 37.9. The molecule has 0 rings (SSSR count). The van der Waals surface area contributed by atoms with Gasteiger partial charge in [0.2, 0.25) is 0 Å². The van der Waals surface area contributed by atoms with Gasteiger partial charge in [0.15, 0.2) is 6.10 Å². The van der Waals surface area contributed by atoms with E-state index in [1.165, 1.54) is 57.8 Å². The number of allylic oxidation sites excluding steroid dienone is 10. The summed E-state index contributed by atoms with van der Waals surface area (Å²) < 4.78 is 17.1. The number of aliphatic carboxylic acids is 1. The van der Waals surface area contributed by atoms with Gasteiger partial charge >= 0.3 is 11.9 Å². The van der Waals surface area contributed by atoms with Crippen LogP contribution < -0.4 is 5.11 Å². The summed E-state index contributed by atoms with van der Waals surface area (Å²) in [5.74, 6) is -1.79. The lowest BCUT2D eigenvalue weighted by Crippen LogP contribution is -2.55. The summed E-state index contributed by atoms with van der Waals surface area (Å²) in [5, 5.41) is 11.6. The number of carboxylic acids is 1. The highest BCUT2D eigenvalue weighted by molar-refractivity contribution is 5.70. The Morgan fingerprint density at radius 2 is 1.02 bits per heavy atom. The first-order chi connectivity index (χ1) is 26.6. The summed E-state index contributed by atoms with van der Waals surface area (Å²) in [4.78, 5) is 36.8. The lowest BCUT2D eigenvalue weighted by Gasteiger charge is -2.34. The molecule has 2 atom stereocenters. The molecule has 8 nitrogen and oxygen atoms in total. The number of likely N-dealkylation sites (N-methyl/N-ethyl adjacent to an activating group) is 1. The van der Waals surface area contributed by atoms with Crippen molar-refractivity contribution in [1.29, 1.82) is 0 Å². The van der Waals surface area contributed by atoms with Crippen LogP contribution in [0.5, 0.6) is 0 Å². The van der Waals surface area contributed by atoms with Gasteiger partial charge < -0.3 is 28.6 Å². The Labute approximate surface area is 337 Å². The number of esters is 2. The molecule has 0 aromatic carbocycles. The first kappa shape index (κ1) is 52.0. The van der Waals surface area contributed by atoms with E-state index in [1.54, 1.807) is 21.1 Å². The van der Waals surface area contributed by atoms with Gasteiger partial charge in [0.05, 0.1) is 40.3 Å². The van der Waals surface area contributed by atoms with Crippen molar-refractivity contribution in [3.8, 4) is 0 Å². The summed E-state index contributed by atoms with van der Waals surface area (Å²) in [6, 6.07) is -0.734. The van der Waals surface area contributed by atoms with Crippen LogP contribution in [0.3, 0.4) is 0 Å². The first-order valence-electron chi connectivity index (χ1n) is 21.8. The number of unbranched alkanes of at least 4 members (excludes halogenated alkanes) is 14. The molecule has 0 heterocycles. The number of ether oxygens (including phenoxy) is 3. The van der Waals surface area contributed by atoms with E-state index in [0.717, 1.165) is 70.6 Å². The number of carbonyl (C=O) groups is 3. The Hall–Kier alpha value is -2.97. The fourth-order valence-electron chi connectivity index (χ4n) is 6.00. The number of nitrogens with zero attached hydrogens (tertiary/aromatic N) is 1. The van der Waals surface area contributed by atoms with Crippen LogP contribution in [0.2, 0.25) is 0 Å². The molecule has 0 saturated carbocycles. The van der Waals surface area contributed by atoms with Crippen LogP contribution in [0, 0.1) is 0 Å². The molecular formula is C47H81NO7. The molecule has 0 saturated heterocycles. The van der Waals surface area contributed by atoms with Gasteiger partial charge in [-0.3, -0.25) is 9.59 Å². The van der Waals surface area contributed by atoms with Crippen molar-refractivity contribution in [2.75, 3.05) is 41.0 Å². The third-order valence-corrected chi connectivity index (χ3v) is 9.39. The Bertz CT molecular complexity index is 1090. The largest absolute Gasteiger partial charge is 0.544 e. The van der Waals surface area contributed by atoms with Gasteiger partial charge in [0.1, 0.15) is 12.6 Å². The van der Waals surface area contributed by atoms with Crippen LogP contribution >= 0.6 is 0 Å². The first-order valence-corrected chi connectivity index (χ1v) is 21.8. The van der Waals surface area contributed by atoms with Crippen LogP contribution in [0.15, 0.2) is 60.8 Å². The fraction of sp³-hybridized carbons (Fsp3) is 0.723. The molecule has 55 heavy (non-hydrogen) atoms. The predicted molar refractivity (Wildman–Crippen MR) is 226 cm³/mol. The minimum absolute atomic E-state index is 0.0239. The van der Waals surface area contributed by atoms with Gasteiger partial charge in [-0.05, 0) is 77.0 Å². The average Bonchev–Trinajstić information content (AvgIpc) is 3.14. The zero-order valence-corrected chi connectivity index (χ0v) is 35.8. The number of quaternary nitrogens is 1. The molecule has 0 aliphatic carbocycles. The van der Waals surface area contributed by atoms with E-state index in [-0.39, 0.29) is 49.1 Å². The van der Waals surface area contributed by atoms with Crippen molar-refractivity contribution in [3.63, 3.8) is 0 Å². The average molecular weight is 772 g/mol. The molecule has 0 spiro atoms. The Morgan fingerprint density at radius 3 is 1.53 bits per heavy atom. The lowest BCUT2D eigenvalue weighted by atomic mass is 10.1. The zero-order chi connectivity index (χ0) is 40.7. The summed E-state index contributed by atoms with van der Waals surface area (Å²) >= 11 is 0. The Morgan fingerprint density at radius 1 is 0.564 bits per heavy atom. The Balaban J connectivity index is 4.38. The van der Waals surface area contributed by atoms with E-state index < -0.39 is 18.1 Å². The van der Waals surface area contributed by atoms with Crippen molar-refractivity contribution in [3.05, 3.63) is 60.8 Å². The molecule has 2 unspecified atom stereocenters. The second-order valence-electron chi connectivity index (χ2n) is 15.5. The third kappa shape index (κ3) is 36.4. The Kier molecular flexibility index (Phi) is 35.9. The van der Waals surface area contributed by atoms with Crippen LogP contribution in [0.1, 0.15) is 168 Å². The molecule has 8 heteroatoms. The molecule has 316 valence electrons. The van der Waals surface area contributed by atoms with Crippen molar-refractivity contribution < 1.29 is 38.2 Å². The van der Waals surface area contributed by atoms with Crippen LogP contribution in [-0.2, 0) is 28.6 Å². The highest BCUT2D eigenvalue weighted by Crippen LogP contribution is 2.13. The topological polar surface area (TPSA) is 102 Å². The van der Waals surface area contributed by atoms with Crippen molar-refractivity contribution >= 4 is 17.9 Å². The van der Waals surface area contributed by atoms with Gasteiger partial charge in [-0.1, -0.05) is 132 Å². The van der Waals surface area contributed by atoms with Crippen molar-refractivity contribution in [2.24, 2.45) is 0 Å². The van der Waals surface area contributed by atoms with Crippen LogP contribution in [0.4, 0.5) is 0 Å². The third-order valence-electron chi connectivity index (χ3n) is 9.39. The maximum absolute atomic E-state index is 12.7. The molecule has 0 N–H and O–H groups in total. The van der Waals surface area contributed by atoms with Crippen molar-refractivity contribution in [2.45, 2.75) is 180 Å². The monoisotopic (exact) mass is 772 g/mol. The number of carboxylic acid groups (broad SMARTS) is 1. The molecule has 0 aromatic heterocycles. The fourth-order valence-corrected chi connectivity index (χ4v) is 6.00. The minimum Gasteiger partial charge on any atom is -0.544 e. The second-order valence-corrected chi connectivity index (χ2v) is 15.5. The van der Waals surface area contributed by atoms with Crippen LogP contribution in [0.25, 0.3) is 0 Å². The van der Waals surface area contributed by atoms with E-state index in [0.29, 0.717) is 12.8 Å². The summed E-state index contributed by atoms with van der Waals surface area (Å²) in [5.41, 5.74) is 0. The minimum atomic E-state index is -1.13. The van der Waals surface area contributed by atoms with Gasteiger partial charge in [0, 0.05) is 19.3 Å². The smallest absolute Gasteiger partial charge is 0.306 e. The quantitative estimate of drug-likeness (QED) is 0.0266. The molecule has 0 aromatic rings. The molecular weight excluding hydrogens is 691 g/mol. The maximum atomic E-state index is 12.7. The maximum Gasteiger partial charge on any atom is 0.306 e. The van der Waals surface area contributed by atoms with Gasteiger partial charge in [-0.15, -0.1) is 0 Å². The molecule has 0 amide bonds. The van der Waals surface area contributed by atoms with E-state index in [1.807, 2.05) is 0 Å². The van der Waals surface area contributed by atoms with E-state index in [9.17, 15) is 19.5 Å². The summed E-state index contributed by atoms with van der Waals surface area (Å²) in [7, 11) is 5.38. The van der Waals surface area contributed by atoms with Gasteiger partial charge in [-0.25, -0.2) is 0 Å². The van der Waals surface area contributed by atoms with E-state index >= 15 is 0 Å². The highest BCUT2D eigenvalue weighted by Gasteiger charge is 2.25. The lowest BCUT2D eigenvalue weighted by molar-refractivity contribution is -0.889. The van der Waals surface area contributed by atoms with Gasteiger partial charge in [0.25, 0.3) is 0 Å². The van der Waals surface area contributed by atoms with E-state index in [4.69, 9.17) is 14.2 Å². The number of hydrogen-bond acceptors (Lipinski definition) is 7. The van der Waals surface area contributed by atoms with E-state index in [2.05, 4.69) is 74.6 Å². The van der Waals surface area contributed by atoms with Crippen molar-refractivity contribution in [1.82, 2.24) is 0 Å². The number of carbonyl (C=O) groups excluding carboxylic acids is 3. The highest BCUT2D eigenvalue weighted by atomic mass is 16.6. The molecule has 0 radical (unpaired) electrons. The molecule has 0 bridgehead atoms. The number of hydrogen-bond donors (Lipinski definition) is 0. The molecule has 0 fully saturated rings. The number of rotatable bonds is 38. The summed E-state index contributed by atoms with van der Waals surface area (Å²) in [6.45, 7) is 4.48. The summed E-state index contributed by atoms with van der Waals surface area (Å²) in [6.07, 6.45) is 45.3. The normalized spacial score (nSPS) is 13.5. The van der Waals surface area contributed by atoms with Gasteiger partial charge in [-0.2, -0.15) is 0 Å².